The van der Waals surface area contributed by atoms with Crippen molar-refractivity contribution in [3.05, 3.63) is 52.5 Å². The van der Waals surface area contributed by atoms with Crippen molar-refractivity contribution in [2.45, 2.75) is 6.92 Å². The van der Waals surface area contributed by atoms with E-state index < -0.39 is 0 Å². The molecule has 0 saturated carbocycles. The Morgan fingerprint density at radius 1 is 1.17 bits per heavy atom. The Hall–Kier alpha value is -1.81. The summed E-state index contributed by atoms with van der Waals surface area (Å²) in [7, 11) is 0. The molecule has 18 heavy (non-hydrogen) atoms. The number of hydrogen-bond donors (Lipinski definition) is 1. The van der Waals surface area contributed by atoms with Crippen LogP contribution in [0, 0.1) is 6.92 Å². The second kappa shape index (κ2) is 4.14. The van der Waals surface area contributed by atoms with Crippen molar-refractivity contribution in [2.75, 3.05) is 5.73 Å². The first-order valence-electron chi connectivity index (χ1n) is 5.66. The van der Waals surface area contributed by atoms with Crippen molar-refractivity contribution in [1.29, 1.82) is 0 Å². The summed E-state index contributed by atoms with van der Waals surface area (Å²) in [4.78, 5) is 4.37. The van der Waals surface area contributed by atoms with E-state index in [2.05, 4.69) is 40.0 Å². The molecule has 3 rings (SSSR count). The molecule has 4 heteroatoms. The highest BCUT2D eigenvalue weighted by molar-refractivity contribution is 9.10. The van der Waals surface area contributed by atoms with Gasteiger partial charge in [-0.25, -0.2) is 4.98 Å². The summed E-state index contributed by atoms with van der Waals surface area (Å²) >= 11 is 3.58. The van der Waals surface area contributed by atoms with Crippen LogP contribution in [-0.4, -0.2) is 9.55 Å². The zero-order chi connectivity index (χ0) is 12.7. The summed E-state index contributed by atoms with van der Waals surface area (Å²) in [5.41, 5.74) is 10.2. The summed E-state index contributed by atoms with van der Waals surface area (Å²) in [6.45, 7) is 2.06. The topological polar surface area (TPSA) is 43.8 Å². The summed E-state index contributed by atoms with van der Waals surface area (Å²) in [5, 5.41) is 0. The van der Waals surface area contributed by atoms with Crippen molar-refractivity contribution in [1.82, 2.24) is 9.55 Å². The summed E-state index contributed by atoms with van der Waals surface area (Å²) in [5.74, 6) is 0.501. The van der Waals surface area contributed by atoms with Crippen molar-refractivity contribution >= 4 is 32.9 Å². The molecule has 0 aliphatic rings. The minimum atomic E-state index is 0.501. The van der Waals surface area contributed by atoms with E-state index >= 15 is 0 Å². The molecule has 0 saturated heterocycles. The molecule has 2 N–H and O–H groups in total. The predicted molar refractivity (Wildman–Crippen MR) is 77.9 cm³/mol. The van der Waals surface area contributed by atoms with Crippen LogP contribution in [0.25, 0.3) is 16.7 Å². The first-order chi connectivity index (χ1) is 8.66. The van der Waals surface area contributed by atoms with Gasteiger partial charge in [-0.05, 0) is 52.7 Å². The van der Waals surface area contributed by atoms with Gasteiger partial charge in [-0.1, -0.05) is 18.2 Å². The largest absolute Gasteiger partial charge is 0.369 e. The van der Waals surface area contributed by atoms with E-state index in [0.717, 1.165) is 21.2 Å². The van der Waals surface area contributed by atoms with Gasteiger partial charge in [0.25, 0.3) is 0 Å². The summed E-state index contributed by atoms with van der Waals surface area (Å²) in [6, 6.07) is 14.1. The number of fused-ring (bicyclic) bond motifs is 1. The fourth-order valence-corrected chi connectivity index (χ4v) is 2.76. The highest BCUT2D eigenvalue weighted by Gasteiger charge is 2.11. The number of anilines is 1. The first-order valence-corrected chi connectivity index (χ1v) is 6.45. The lowest BCUT2D eigenvalue weighted by Crippen LogP contribution is -2.01. The Morgan fingerprint density at radius 2 is 1.94 bits per heavy atom. The highest BCUT2D eigenvalue weighted by atomic mass is 79.9. The molecule has 0 unspecified atom stereocenters. The average molecular weight is 302 g/mol. The van der Waals surface area contributed by atoms with Gasteiger partial charge in [0.15, 0.2) is 0 Å². The van der Waals surface area contributed by atoms with E-state index in [1.165, 1.54) is 5.56 Å². The van der Waals surface area contributed by atoms with Crippen molar-refractivity contribution in [3.8, 4) is 5.69 Å². The van der Waals surface area contributed by atoms with Crippen LogP contribution in [0.4, 0.5) is 5.95 Å². The SMILES string of the molecule is Cc1ccc(-n2c(N)nc3ccccc32)c(Br)c1. The first kappa shape index (κ1) is 11.3. The van der Waals surface area contributed by atoms with Crippen LogP contribution < -0.4 is 5.73 Å². The third-order valence-electron chi connectivity index (χ3n) is 2.93. The third-order valence-corrected chi connectivity index (χ3v) is 3.57. The van der Waals surface area contributed by atoms with E-state index in [1.807, 2.05) is 34.9 Å². The molecule has 0 atom stereocenters. The smallest absolute Gasteiger partial charge is 0.205 e. The van der Waals surface area contributed by atoms with Crippen LogP contribution in [-0.2, 0) is 0 Å². The normalized spacial score (nSPS) is 11.0. The lowest BCUT2D eigenvalue weighted by molar-refractivity contribution is 1.10. The molecule has 1 heterocycles. The van der Waals surface area contributed by atoms with Gasteiger partial charge in [-0.3, -0.25) is 4.57 Å². The Kier molecular flexibility index (Phi) is 2.59. The maximum absolute atomic E-state index is 6.02. The predicted octanol–water partition coefficient (Wildman–Crippen LogP) is 3.68. The fraction of sp³-hybridized carbons (Fsp3) is 0.0714. The number of imidazole rings is 1. The molecule has 0 amide bonds. The fourth-order valence-electron chi connectivity index (χ4n) is 2.09. The van der Waals surface area contributed by atoms with E-state index in [-0.39, 0.29) is 0 Å². The lowest BCUT2D eigenvalue weighted by Gasteiger charge is -2.09. The maximum Gasteiger partial charge on any atom is 0.205 e. The van der Waals surface area contributed by atoms with E-state index in [9.17, 15) is 0 Å². The minimum Gasteiger partial charge on any atom is -0.369 e. The number of nitrogens with two attached hydrogens (primary N) is 1. The molecular weight excluding hydrogens is 290 g/mol. The molecule has 0 bridgehead atoms. The minimum absolute atomic E-state index is 0.501. The van der Waals surface area contributed by atoms with Crippen LogP contribution >= 0.6 is 15.9 Å². The number of benzene rings is 2. The van der Waals surface area contributed by atoms with Gasteiger partial charge in [-0.2, -0.15) is 0 Å². The Labute approximate surface area is 113 Å². The molecule has 0 spiro atoms. The molecule has 0 radical (unpaired) electrons. The Bertz CT molecular complexity index is 731. The van der Waals surface area contributed by atoms with Crippen LogP contribution in [0.2, 0.25) is 0 Å². The second-order valence-electron chi connectivity index (χ2n) is 4.25. The van der Waals surface area contributed by atoms with E-state index in [4.69, 9.17) is 5.73 Å². The zero-order valence-electron chi connectivity index (χ0n) is 9.89. The number of hydrogen-bond acceptors (Lipinski definition) is 2. The van der Waals surface area contributed by atoms with Crippen molar-refractivity contribution in [2.24, 2.45) is 0 Å². The number of nitrogen functional groups attached to an aromatic ring is 1. The molecule has 3 nitrogen and oxygen atoms in total. The van der Waals surface area contributed by atoms with Gasteiger partial charge in [0.05, 0.1) is 16.7 Å². The van der Waals surface area contributed by atoms with Gasteiger partial charge in [-0.15, -0.1) is 0 Å². The van der Waals surface area contributed by atoms with E-state index in [1.54, 1.807) is 0 Å². The van der Waals surface area contributed by atoms with Gasteiger partial charge >= 0.3 is 0 Å². The third kappa shape index (κ3) is 1.69. The van der Waals surface area contributed by atoms with Gasteiger partial charge in [0.2, 0.25) is 5.95 Å². The number of aryl methyl sites for hydroxylation is 1. The number of aromatic nitrogens is 2. The van der Waals surface area contributed by atoms with Gasteiger partial charge < -0.3 is 5.73 Å². The molecule has 0 aliphatic carbocycles. The average Bonchev–Trinajstić information content (AvgIpc) is 2.66. The Morgan fingerprint density at radius 3 is 2.72 bits per heavy atom. The summed E-state index contributed by atoms with van der Waals surface area (Å²) in [6.07, 6.45) is 0. The number of rotatable bonds is 1. The quantitative estimate of drug-likeness (QED) is 0.745. The van der Waals surface area contributed by atoms with Gasteiger partial charge in [0.1, 0.15) is 0 Å². The van der Waals surface area contributed by atoms with E-state index in [0.29, 0.717) is 5.95 Å². The number of halogens is 1. The Balaban J connectivity index is 2.34. The summed E-state index contributed by atoms with van der Waals surface area (Å²) < 4.78 is 2.97. The van der Waals surface area contributed by atoms with Gasteiger partial charge in [0, 0.05) is 4.47 Å². The molecular formula is C14H12BrN3. The second-order valence-corrected chi connectivity index (χ2v) is 5.10. The lowest BCUT2D eigenvalue weighted by atomic mass is 10.2. The monoisotopic (exact) mass is 301 g/mol. The maximum atomic E-state index is 6.02. The number of para-hydroxylation sites is 2. The van der Waals surface area contributed by atoms with Crippen molar-refractivity contribution < 1.29 is 0 Å². The van der Waals surface area contributed by atoms with Crippen LogP contribution in [0.1, 0.15) is 5.56 Å². The zero-order valence-corrected chi connectivity index (χ0v) is 11.5. The molecule has 0 aliphatic heterocycles. The number of nitrogens with zero attached hydrogens (tertiary/aromatic N) is 2. The van der Waals surface area contributed by atoms with Crippen molar-refractivity contribution in [3.63, 3.8) is 0 Å². The van der Waals surface area contributed by atoms with Crippen LogP contribution in [0.5, 0.6) is 0 Å². The highest BCUT2D eigenvalue weighted by Crippen LogP contribution is 2.28. The molecule has 0 fully saturated rings. The molecule has 90 valence electrons. The molecule has 3 aromatic rings. The molecule has 2 aromatic carbocycles. The standard InChI is InChI=1S/C14H12BrN3/c1-9-6-7-12(10(15)8-9)18-13-5-3-2-4-11(13)17-14(18)16/h2-8H,1H3,(H2,16,17). The van der Waals surface area contributed by atoms with Crippen LogP contribution in [0.15, 0.2) is 46.9 Å². The van der Waals surface area contributed by atoms with Crippen LogP contribution in [0.3, 0.4) is 0 Å². The molecule has 1 aromatic heterocycles.